The summed E-state index contributed by atoms with van der Waals surface area (Å²) >= 11 is 1.40. The molecular weight excluding hydrogens is 196 g/mol. The van der Waals surface area contributed by atoms with Crippen molar-refractivity contribution in [3.63, 3.8) is 0 Å². The number of fused-ring (bicyclic) bond motifs is 2. The van der Waals surface area contributed by atoms with E-state index in [4.69, 9.17) is 0 Å². The van der Waals surface area contributed by atoms with Gasteiger partial charge in [0.05, 0.1) is 11.5 Å². The molecule has 0 saturated carbocycles. The minimum atomic E-state index is 0.153. The number of hydrogen-bond acceptors (Lipinski definition) is 3. The van der Waals surface area contributed by atoms with Gasteiger partial charge >= 0.3 is 0 Å². The average molecular weight is 206 g/mol. The fourth-order valence-corrected chi connectivity index (χ4v) is 2.31. The third-order valence-corrected chi connectivity index (χ3v) is 3.20. The summed E-state index contributed by atoms with van der Waals surface area (Å²) in [5, 5.41) is 0. The molecule has 0 amide bonds. The summed E-state index contributed by atoms with van der Waals surface area (Å²) < 4.78 is 0. The third-order valence-electron chi connectivity index (χ3n) is 2.27. The summed E-state index contributed by atoms with van der Waals surface area (Å²) in [5.41, 5.74) is 1.51. The van der Waals surface area contributed by atoms with Crippen LogP contribution in [0.5, 0.6) is 0 Å². The quantitative estimate of drug-likeness (QED) is 0.604. The van der Waals surface area contributed by atoms with Crippen LogP contribution in [0, 0.1) is 0 Å². The lowest BCUT2D eigenvalue weighted by molar-refractivity contribution is -0.113. The Morgan fingerprint density at radius 2 is 1.43 bits per heavy atom. The standard InChI is InChI=1S/C11H10O2S/c12-10-6-14-7-11(13)9-4-2-1-3-8(10)5-9/h1-4H,5-7H2. The van der Waals surface area contributed by atoms with Gasteiger partial charge in [-0.15, -0.1) is 11.8 Å². The Morgan fingerprint density at radius 3 is 1.93 bits per heavy atom. The highest BCUT2D eigenvalue weighted by molar-refractivity contribution is 8.00. The number of ketones is 2. The molecule has 0 unspecified atom stereocenters. The van der Waals surface area contributed by atoms with Crippen molar-refractivity contribution in [1.82, 2.24) is 0 Å². The molecule has 14 heavy (non-hydrogen) atoms. The van der Waals surface area contributed by atoms with Gasteiger partial charge in [0.25, 0.3) is 0 Å². The van der Waals surface area contributed by atoms with E-state index in [0.29, 0.717) is 17.9 Å². The van der Waals surface area contributed by atoms with Crippen LogP contribution < -0.4 is 0 Å². The topological polar surface area (TPSA) is 34.1 Å². The largest absolute Gasteiger partial charge is 0.294 e. The van der Waals surface area contributed by atoms with E-state index in [9.17, 15) is 9.59 Å². The Hall–Kier alpha value is -1.09. The first-order valence-corrected chi connectivity index (χ1v) is 5.63. The van der Waals surface area contributed by atoms with Crippen molar-refractivity contribution in [3.05, 3.63) is 35.5 Å². The summed E-state index contributed by atoms with van der Waals surface area (Å²) in [4.78, 5) is 23.2. The number of carbonyl (C=O) groups is 2. The van der Waals surface area contributed by atoms with E-state index in [1.54, 1.807) is 0 Å². The Bertz CT molecular complexity index is 341. The molecule has 1 aliphatic carbocycles. The molecule has 1 aliphatic heterocycles. The van der Waals surface area contributed by atoms with Gasteiger partial charge in [-0.1, -0.05) is 24.3 Å². The number of hydrogen-bond donors (Lipinski definition) is 0. The zero-order valence-electron chi connectivity index (χ0n) is 7.66. The van der Waals surface area contributed by atoms with Crippen molar-refractivity contribution in [2.75, 3.05) is 11.5 Å². The second-order valence-electron chi connectivity index (χ2n) is 3.28. The molecule has 1 heterocycles. The lowest BCUT2D eigenvalue weighted by Gasteiger charge is -2.11. The molecule has 2 nitrogen and oxygen atoms in total. The van der Waals surface area contributed by atoms with Crippen molar-refractivity contribution in [2.45, 2.75) is 6.42 Å². The monoisotopic (exact) mass is 206 g/mol. The zero-order valence-corrected chi connectivity index (χ0v) is 8.47. The number of rotatable bonds is 0. The Morgan fingerprint density at radius 1 is 0.929 bits per heavy atom. The van der Waals surface area contributed by atoms with Gasteiger partial charge in [0, 0.05) is 17.6 Å². The van der Waals surface area contributed by atoms with Crippen molar-refractivity contribution in [1.29, 1.82) is 0 Å². The Kier molecular flexibility index (Phi) is 2.68. The number of thioether (sulfide) groups is 1. The van der Waals surface area contributed by atoms with Gasteiger partial charge in [0.2, 0.25) is 0 Å². The normalized spacial score (nSPS) is 22.0. The first kappa shape index (κ1) is 9.46. The minimum Gasteiger partial charge on any atom is -0.294 e. The molecule has 2 aliphatic rings. The highest BCUT2D eigenvalue weighted by Crippen LogP contribution is 2.22. The molecule has 0 atom stereocenters. The van der Waals surface area contributed by atoms with Crippen LogP contribution in [-0.4, -0.2) is 23.1 Å². The van der Waals surface area contributed by atoms with E-state index < -0.39 is 0 Å². The fourth-order valence-electron chi connectivity index (χ4n) is 1.47. The van der Waals surface area contributed by atoms with Crippen LogP contribution in [0.4, 0.5) is 0 Å². The Balaban J connectivity index is 2.37. The van der Waals surface area contributed by atoms with E-state index in [1.807, 2.05) is 24.3 Å². The molecule has 3 heteroatoms. The first-order chi connectivity index (χ1) is 6.77. The van der Waals surface area contributed by atoms with Crippen LogP contribution in [0.15, 0.2) is 35.5 Å². The zero-order chi connectivity index (χ0) is 9.97. The molecule has 0 radical (unpaired) electrons. The predicted octanol–water partition coefficient (Wildman–Crippen LogP) is 1.68. The SMILES string of the molecule is O=C1CSCC(=O)C2=CC=CC=C1C2. The van der Waals surface area contributed by atoms with Gasteiger partial charge < -0.3 is 0 Å². The molecular formula is C11H10O2S. The molecule has 2 rings (SSSR count). The van der Waals surface area contributed by atoms with Gasteiger partial charge in [-0.25, -0.2) is 0 Å². The molecule has 0 aromatic heterocycles. The van der Waals surface area contributed by atoms with Crippen molar-refractivity contribution in [2.24, 2.45) is 0 Å². The average Bonchev–Trinajstić information content (AvgIpc) is 2.41. The van der Waals surface area contributed by atoms with Crippen LogP contribution >= 0.6 is 11.8 Å². The predicted molar refractivity (Wildman–Crippen MR) is 57.3 cm³/mol. The van der Waals surface area contributed by atoms with Gasteiger partial charge in [0.15, 0.2) is 11.6 Å². The summed E-state index contributed by atoms with van der Waals surface area (Å²) in [6.45, 7) is 0. The molecule has 72 valence electrons. The molecule has 2 bridgehead atoms. The van der Waals surface area contributed by atoms with Gasteiger partial charge in [0.1, 0.15) is 0 Å². The molecule has 0 aromatic carbocycles. The summed E-state index contributed by atoms with van der Waals surface area (Å²) in [7, 11) is 0. The summed E-state index contributed by atoms with van der Waals surface area (Å²) in [6.07, 6.45) is 7.77. The molecule has 0 N–H and O–H groups in total. The van der Waals surface area contributed by atoms with Crippen LogP contribution in [0.25, 0.3) is 0 Å². The number of Topliss-reactive ketones (excluding diaryl/α,β-unsaturated/α-hetero) is 2. The lowest BCUT2D eigenvalue weighted by atomic mass is 10.0. The summed E-state index contributed by atoms with van der Waals surface area (Å²) in [6, 6.07) is 0. The molecule has 0 aromatic rings. The second-order valence-corrected chi connectivity index (χ2v) is 4.27. The smallest absolute Gasteiger partial charge is 0.169 e. The number of allylic oxidation sites excluding steroid dienone is 6. The van der Waals surface area contributed by atoms with Gasteiger partial charge in [-0.3, -0.25) is 9.59 Å². The van der Waals surface area contributed by atoms with Gasteiger partial charge in [-0.2, -0.15) is 0 Å². The third kappa shape index (κ3) is 1.87. The minimum absolute atomic E-state index is 0.153. The van der Waals surface area contributed by atoms with Crippen LogP contribution in [0.3, 0.4) is 0 Å². The van der Waals surface area contributed by atoms with Crippen molar-refractivity contribution < 1.29 is 9.59 Å². The number of carbonyl (C=O) groups excluding carboxylic acids is 2. The Labute approximate surface area is 86.8 Å². The van der Waals surface area contributed by atoms with Crippen LogP contribution in [0.1, 0.15) is 6.42 Å². The maximum Gasteiger partial charge on any atom is 0.169 e. The highest BCUT2D eigenvalue weighted by atomic mass is 32.2. The lowest BCUT2D eigenvalue weighted by Crippen LogP contribution is -2.16. The van der Waals surface area contributed by atoms with E-state index in [-0.39, 0.29) is 11.6 Å². The summed E-state index contributed by atoms with van der Waals surface area (Å²) in [5.74, 6) is 1.16. The van der Waals surface area contributed by atoms with E-state index >= 15 is 0 Å². The maximum atomic E-state index is 11.6. The molecule has 1 fully saturated rings. The van der Waals surface area contributed by atoms with E-state index in [0.717, 1.165) is 11.1 Å². The van der Waals surface area contributed by atoms with E-state index in [2.05, 4.69) is 0 Å². The first-order valence-electron chi connectivity index (χ1n) is 4.48. The van der Waals surface area contributed by atoms with Crippen LogP contribution in [0.2, 0.25) is 0 Å². The fraction of sp³-hybridized carbons (Fsp3) is 0.273. The van der Waals surface area contributed by atoms with Crippen molar-refractivity contribution in [3.8, 4) is 0 Å². The maximum absolute atomic E-state index is 11.6. The van der Waals surface area contributed by atoms with Crippen molar-refractivity contribution >= 4 is 23.3 Å². The van der Waals surface area contributed by atoms with Crippen LogP contribution in [-0.2, 0) is 9.59 Å². The second kappa shape index (κ2) is 3.96. The van der Waals surface area contributed by atoms with Gasteiger partial charge in [-0.05, 0) is 0 Å². The molecule has 1 saturated heterocycles. The van der Waals surface area contributed by atoms with E-state index in [1.165, 1.54) is 11.8 Å². The highest BCUT2D eigenvalue weighted by Gasteiger charge is 2.20. The molecule has 0 spiro atoms.